The minimum absolute atomic E-state index is 0.118. The number of nitrogens with zero attached hydrogens (tertiary/aromatic N) is 2. The van der Waals surface area contributed by atoms with Gasteiger partial charge in [0.25, 0.3) is 5.91 Å². The molecule has 2 heterocycles. The van der Waals surface area contributed by atoms with E-state index in [4.69, 9.17) is 0 Å². The number of rotatable bonds is 2. The Labute approximate surface area is 141 Å². The number of amides is 1. The fourth-order valence-corrected chi connectivity index (χ4v) is 4.83. The first kappa shape index (κ1) is 14.9. The van der Waals surface area contributed by atoms with Crippen LogP contribution in [0.5, 0.6) is 0 Å². The van der Waals surface area contributed by atoms with Gasteiger partial charge in [0.1, 0.15) is 10.7 Å². The summed E-state index contributed by atoms with van der Waals surface area (Å²) >= 11 is 1.56. The van der Waals surface area contributed by atoms with Crippen LogP contribution in [0.15, 0.2) is 35.7 Å². The quantitative estimate of drug-likeness (QED) is 0.816. The smallest absolute Gasteiger partial charge is 0.273 e. The maximum atomic E-state index is 12.8. The molecular weight excluding hydrogens is 304 g/mol. The number of hydrogen-bond acceptors (Lipinski definition) is 3. The van der Waals surface area contributed by atoms with Gasteiger partial charge in [-0.3, -0.25) is 4.79 Å². The van der Waals surface area contributed by atoms with Gasteiger partial charge in [0.05, 0.1) is 0 Å². The van der Waals surface area contributed by atoms with E-state index in [9.17, 15) is 4.79 Å². The lowest BCUT2D eigenvalue weighted by Crippen LogP contribution is -2.44. The summed E-state index contributed by atoms with van der Waals surface area (Å²) < 4.78 is 0. The number of piperidine rings is 1. The summed E-state index contributed by atoms with van der Waals surface area (Å²) in [6.45, 7) is 1.83. The second kappa shape index (κ2) is 6.44. The molecule has 23 heavy (non-hydrogen) atoms. The summed E-state index contributed by atoms with van der Waals surface area (Å²) in [4.78, 5) is 19.4. The topological polar surface area (TPSA) is 33.2 Å². The van der Waals surface area contributed by atoms with E-state index in [0.717, 1.165) is 29.6 Å². The molecule has 4 heteroatoms. The van der Waals surface area contributed by atoms with E-state index in [1.807, 2.05) is 40.6 Å². The van der Waals surface area contributed by atoms with Crippen LogP contribution in [0.4, 0.5) is 0 Å². The Hall–Kier alpha value is -1.68. The number of carbonyl (C=O) groups excluding carboxylic acids is 1. The molecule has 4 rings (SSSR count). The zero-order chi connectivity index (χ0) is 15.6. The molecular formula is C19H22N2OS. The maximum Gasteiger partial charge on any atom is 0.273 e. The Balaban J connectivity index is 1.48. The fraction of sp³-hybridized carbons (Fsp3) is 0.474. The number of aromatic nitrogens is 1. The highest BCUT2D eigenvalue weighted by molar-refractivity contribution is 7.13. The molecule has 120 valence electrons. The van der Waals surface area contributed by atoms with Crippen molar-refractivity contribution in [2.75, 3.05) is 13.1 Å². The molecule has 0 spiro atoms. The third kappa shape index (κ3) is 3.05. The molecule has 0 radical (unpaired) electrons. The highest BCUT2D eigenvalue weighted by Crippen LogP contribution is 2.36. The molecule has 2 aliphatic rings. The monoisotopic (exact) mass is 326 g/mol. The van der Waals surface area contributed by atoms with E-state index in [0.29, 0.717) is 11.6 Å². The number of thiazole rings is 1. The van der Waals surface area contributed by atoms with Gasteiger partial charge < -0.3 is 4.90 Å². The van der Waals surface area contributed by atoms with Gasteiger partial charge in [-0.05, 0) is 24.7 Å². The fourth-order valence-electron chi connectivity index (χ4n) is 4.03. The molecule has 0 unspecified atom stereocenters. The normalized spacial score (nSPS) is 24.3. The first-order chi connectivity index (χ1) is 11.3. The van der Waals surface area contributed by atoms with Crippen LogP contribution in [-0.2, 0) is 0 Å². The average Bonchev–Trinajstić information content (AvgIpc) is 3.11. The van der Waals surface area contributed by atoms with Crippen LogP contribution in [-0.4, -0.2) is 28.9 Å². The first-order valence-corrected chi connectivity index (χ1v) is 9.49. The molecule has 2 atom stereocenters. The van der Waals surface area contributed by atoms with E-state index < -0.39 is 0 Å². The lowest BCUT2D eigenvalue weighted by atomic mass is 9.75. The minimum atomic E-state index is 0.118. The third-order valence-corrected chi connectivity index (χ3v) is 6.21. The number of hydrogen-bond donors (Lipinski definition) is 0. The molecule has 0 bridgehead atoms. The Morgan fingerprint density at radius 1 is 1.09 bits per heavy atom. The van der Waals surface area contributed by atoms with Crippen LogP contribution < -0.4 is 0 Å². The van der Waals surface area contributed by atoms with Crippen LogP contribution >= 0.6 is 11.3 Å². The van der Waals surface area contributed by atoms with Crippen LogP contribution in [0.1, 0.15) is 42.6 Å². The standard InChI is InChI=1S/C19H22N2OS/c22-19(21-11-10-14-6-4-5-9-16(14)12-21)17-13-23-18(20-17)15-7-2-1-3-8-15/h1-3,7-8,13-14,16H,4-6,9-12H2/t14-,16+/m0/s1. The van der Waals surface area contributed by atoms with Gasteiger partial charge in [-0.2, -0.15) is 0 Å². The molecule has 3 nitrogen and oxygen atoms in total. The van der Waals surface area contributed by atoms with Crippen molar-refractivity contribution in [2.24, 2.45) is 11.8 Å². The SMILES string of the molecule is O=C(c1csc(-c2ccccc2)n1)N1CC[C@@H]2CCCC[C@@H]2C1. The zero-order valence-electron chi connectivity index (χ0n) is 13.3. The molecule has 0 N–H and O–H groups in total. The summed E-state index contributed by atoms with van der Waals surface area (Å²) in [6, 6.07) is 10.1. The number of carbonyl (C=O) groups is 1. The number of fused-ring (bicyclic) bond motifs is 1. The van der Waals surface area contributed by atoms with Crippen molar-refractivity contribution >= 4 is 17.2 Å². The summed E-state index contributed by atoms with van der Waals surface area (Å²) in [6.07, 6.45) is 6.54. The van der Waals surface area contributed by atoms with Gasteiger partial charge in [-0.25, -0.2) is 4.98 Å². The van der Waals surface area contributed by atoms with Gasteiger partial charge in [0.15, 0.2) is 0 Å². The molecule has 1 aromatic carbocycles. The van der Waals surface area contributed by atoms with Crippen molar-refractivity contribution in [1.29, 1.82) is 0 Å². The molecule has 1 aliphatic heterocycles. The second-order valence-electron chi connectivity index (χ2n) is 6.75. The molecule has 1 saturated carbocycles. The molecule has 2 aromatic rings. The van der Waals surface area contributed by atoms with Gasteiger partial charge in [0.2, 0.25) is 0 Å². The van der Waals surface area contributed by atoms with Gasteiger partial charge >= 0.3 is 0 Å². The van der Waals surface area contributed by atoms with Crippen LogP contribution in [0.25, 0.3) is 10.6 Å². The van der Waals surface area contributed by atoms with E-state index in [2.05, 4.69) is 4.98 Å². The summed E-state index contributed by atoms with van der Waals surface area (Å²) in [5.41, 5.74) is 1.70. The summed E-state index contributed by atoms with van der Waals surface area (Å²) in [5.74, 6) is 1.68. The predicted octanol–water partition coefficient (Wildman–Crippen LogP) is 4.46. The van der Waals surface area contributed by atoms with Crippen molar-refractivity contribution in [3.63, 3.8) is 0 Å². The van der Waals surface area contributed by atoms with Crippen molar-refractivity contribution in [2.45, 2.75) is 32.1 Å². The Bertz CT molecular complexity index is 682. The lowest BCUT2D eigenvalue weighted by Gasteiger charge is -2.41. The van der Waals surface area contributed by atoms with E-state index >= 15 is 0 Å². The van der Waals surface area contributed by atoms with Gasteiger partial charge in [-0.1, -0.05) is 49.6 Å². The van der Waals surface area contributed by atoms with E-state index in [-0.39, 0.29) is 5.91 Å². The predicted molar refractivity (Wildman–Crippen MR) is 93.5 cm³/mol. The Morgan fingerprint density at radius 2 is 1.87 bits per heavy atom. The number of likely N-dealkylation sites (tertiary alicyclic amines) is 1. The van der Waals surface area contributed by atoms with Crippen molar-refractivity contribution in [1.82, 2.24) is 9.88 Å². The van der Waals surface area contributed by atoms with Crippen LogP contribution in [0.2, 0.25) is 0 Å². The summed E-state index contributed by atoms with van der Waals surface area (Å²) in [7, 11) is 0. The first-order valence-electron chi connectivity index (χ1n) is 8.61. The van der Waals surface area contributed by atoms with Gasteiger partial charge in [-0.15, -0.1) is 11.3 Å². The van der Waals surface area contributed by atoms with Crippen molar-refractivity contribution in [3.05, 3.63) is 41.4 Å². The molecule has 2 fully saturated rings. The van der Waals surface area contributed by atoms with Crippen LogP contribution in [0.3, 0.4) is 0 Å². The summed E-state index contributed by atoms with van der Waals surface area (Å²) in [5, 5.41) is 2.85. The van der Waals surface area contributed by atoms with Gasteiger partial charge in [0, 0.05) is 24.0 Å². The van der Waals surface area contributed by atoms with E-state index in [1.165, 1.54) is 32.1 Å². The molecule has 1 saturated heterocycles. The maximum absolute atomic E-state index is 12.8. The largest absolute Gasteiger partial charge is 0.337 e. The molecule has 1 aliphatic carbocycles. The zero-order valence-corrected chi connectivity index (χ0v) is 14.1. The van der Waals surface area contributed by atoms with Crippen molar-refractivity contribution in [3.8, 4) is 10.6 Å². The minimum Gasteiger partial charge on any atom is -0.337 e. The second-order valence-corrected chi connectivity index (χ2v) is 7.61. The van der Waals surface area contributed by atoms with Crippen LogP contribution in [0, 0.1) is 11.8 Å². The van der Waals surface area contributed by atoms with E-state index in [1.54, 1.807) is 11.3 Å². The molecule has 1 aromatic heterocycles. The lowest BCUT2D eigenvalue weighted by molar-refractivity contribution is 0.0516. The highest BCUT2D eigenvalue weighted by atomic mass is 32.1. The molecule has 1 amide bonds. The Kier molecular flexibility index (Phi) is 4.17. The third-order valence-electron chi connectivity index (χ3n) is 5.32. The number of benzene rings is 1. The highest BCUT2D eigenvalue weighted by Gasteiger charge is 2.33. The Morgan fingerprint density at radius 3 is 2.70 bits per heavy atom. The van der Waals surface area contributed by atoms with Crippen molar-refractivity contribution < 1.29 is 4.79 Å². The average molecular weight is 326 g/mol.